The second-order valence-corrected chi connectivity index (χ2v) is 8.77. The van der Waals surface area contributed by atoms with E-state index in [9.17, 15) is 4.79 Å². The van der Waals surface area contributed by atoms with Gasteiger partial charge in [-0.05, 0) is 56.0 Å². The van der Waals surface area contributed by atoms with E-state index in [-0.39, 0.29) is 11.8 Å². The number of rotatable bonds is 5. The number of carbonyl (C=O) groups excluding carboxylic acids is 1. The Labute approximate surface area is 188 Å². The Balaban J connectivity index is 1.43. The maximum absolute atomic E-state index is 13.0. The van der Waals surface area contributed by atoms with Gasteiger partial charge in [0, 0.05) is 78.4 Å². The van der Waals surface area contributed by atoms with Crippen molar-refractivity contribution in [3.8, 4) is 11.1 Å². The van der Waals surface area contributed by atoms with Gasteiger partial charge in [-0.3, -0.25) is 14.5 Å². The molecule has 0 bridgehead atoms. The van der Waals surface area contributed by atoms with Gasteiger partial charge in [0.1, 0.15) is 0 Å². The van der Waals surface area contributed by atoms with E-state index in [0.717, 1.165) is 31.6 Å². The van der Waals surface area contributed by atoms with Crippen LogP contribution < -0.4 is 0 Å². The van der Waals surface area contributed by atoms with Gasteiger partial charge in [-0.25, -0.2) is 0 Å². The minimum absolute atomic E-state index is 0.211. The van der Waals surface area contributed by atoms with Gasteiger partial charge >= 0.3 is 0 Å². The summed E-state index contributed by atoms with van der Waals surface area (Å²) in [7, 11) is 0. The van der Waals surface area contributed by atoms with Crippen LogP contribution in [0, 0.1) is 13.8 Å². The number of hydrogen-bond donors (Lipinski definition) is 1. The molecule has 1 atom stereocenters. The first-order chi connectivity index (χ1) is 15.6. The van der Waals surface area contributed by atoms with E-state index in [2.05, 4.69) is 52.3 Å². The van der Waals surface area contributed by atoms with Gasteiger partial charge in [0.15, 0.2) is 0 Å². The molecule has 6 heteroatoms. The fourth-order valence-electron chi connectivity index (χ4n) is 4.95. The van der Waals surface area contributed by atoms with E-state index in [0.29, 0.717) is 13.0 Å². The van der Waals surface area contributed by atoms with Crippen LogP contribution >= 0.6 is 0 Å². The van der Waals surface area contributed by atoms with E-state index >= 15 is 0 Å². The van der Waals surface area contributed by atoms with Crippen molar-refractivity contribution in [1.82, 2.24) is 24.6 Å². The van der Waals surface area contributed by atoms with Crippen LogP contribution in [-0.4, -0.2) is 43.6 Å². The fraction of sp³-hybridized carbons (Fsp3) is 0.346. The Bertz CT molecular complexity index is 1240. The summed E-state index contributed by atoms with van der Waals surface area (Å²) in [6, 6.07) is 12.6. The predicted molar refractivity (Wildman–Crippen MR) is 126 cm³/mol. The summed E-state index contributed by atoms with van der Waals surface area (Å²) in [6.07, 6.45) is 8.06. The van der Waals surface area contributed by atoms with E-state index in [4.69, 9.17) is 0 Å². The number of fused-ring (bicyclic) bond motifs is 1. The zero-order chi connectivity index (χ0) is 22.1. The SMILES string of the molecule is Cc1cccc2c(-c3ccncc3)c(C3CCCN(C(=O)CCn4nccc4C)C3)[nH]c12. The normalized spacial score (nSPS) is 16.6. The molecule has 32 heavy (non-hydrogen) atoms. The second kappa shape index (κ2) is 8.61. The smallest absolute Gasteiger partial charge is 0.224 e. The summed E-state index contributed by atoms with van der Waals surface area (Å²) >= 11 is 0. The third-order valence-corrected chi connectivity index (χ3v) is 6.69. The number of aromatic nitrogens is 4. The number of nitrogens with zero attached hydrogens (tertiary/aromatic N) is 4. The van der Waals surface area contributed by atoms with Crippen LogP contribution in [0.4, 0.5) is 0 Å². The highest BCUT2D eigenvalue weighted by Crippen LogP contribution is 2.40. The fourth-order valence-corrected chi connectivity index (χ4v) is 4.95. The van der Waals surface area contributed by atoms with Crippen LogP contribution in [0.2, 0.25) is 0 Å². The largest absolute Gasteiger partial charge is 0.357 e. The lowest BCUT2D eigenvalue weighted by molar-refractivity contribution is -0.132. The van der Waals surface area contributed by atoms with Crippen LogP contribution in [0.15, 0.2) is 55.0 Å². The number of nitrogens with one attached hydrogen (secondary N) is 1. The quantitative estimate of drug-likeness (QED) is 0.496. The predicted octanol–water partition coefficient (Wildman–Crippen LogP) is 4.84. The molecule has 1 fully saturated rings. The Hall–Kier alpha value is -3.41. The van der Waals surface area contributed by atoms with Gasteiger partial charge < -0.3 is 9.88 Å². The summed E-state index contributed by atoms with van der Waals surface area (Å²) in [6.45, 7) is 6.38. The Morgan fingerprint density at radius 2 is 1.97 bits per heavy atom. The van der Waals surface area contributed by atoms with Crippen molar-refractivity contribution in [1.29, 1.82) is 0 Å². The van der Waals surface area contributed by atoms with Gasteiger partial charge in [0.25, 0.3) is 0 Å². The zero-order valence-corrected chi connectivity index (χ0v) is 18.7. The van der Waals surface area contributed by atoms with Crippen LogP contribution in [0.1, 0.15) is 42.1 Å². The van der Waals surface area contributed by atoms with E-state index in [1.807, 2.05) is 35.0 Å². The third kappa shape index (κ3) is 3.81. The standard InChI is InChI=1S/C26H29N5O/c1-18-5-3-7-22-24(20-9-12-27-13-10-20)26(29-25(18)22)21-6-4-15-30(17-21)23(32)11-16-31-19(2)8-14-28-31/h3,5,7-10,12-14,21,29H,4,6,11,15-17H2,1-2H3. The van der Waals surface area contributed by atoms with E-state index in [1.54, 1.807) is 6.20 Å². The molecule has 1 unspecified atom stereocenters. The first-order valence-corrected chi connectivity index (χ1v) is 11.4. The lowest BCUT2D eigenvalue weighted by atomic mass is 9.89. The highest BCUT2D eigenvalue weighted by molar-refractivity contribution is 5.99. The molecule has 1 amide bonds. The van der Waals surface area contributed by atoms with Crippen molar-refractivity contribution in [3.05, 3.63) is 71.9 Å². The van der Waals surface area contributed by atoms with Crippen molar-refractivity contribution in [3.63, 3.8) is 0 Å². The number of amides is 1. The Morgan fingerprint density at radius 3 is 2.75 bits per heavy atom. The molecular weight excluding hydrogens is 398 g/mol. The molecule has 164 valence electrons. The van der Waals surface area contributed by atoms with Gasteiger partial charge in [-0.1, -0.05) is 18.2 Å². The molecule has 1 N–H and O–H groups in total. The number of benzene rings is 1. The molecule has 0 saturated carbocycles. The van der Waals surface area contributed by atoms with Crippen molar-refractivity contribution in [2.24, 2.45) is 0 Å². The summed E-state index contributed by atoms with van der Waals surface area (Å²) in [4.78, 5) is 23.0. The number of carbonyl (C=O) groups is 1. The molecule has 1 aromatic carbocycles. The second-order valence-electron chi connectivity index (χ2n) is 8.77. The molecule has 0 radical (unpaired) electrons. The van der Waals surface area contributed by atoms with Gasteiger partial charge in [0.05, 0.1) is 0 Å². The average Bonchev–Trinajstić information content (AvgIpc) is 3.42. The highest BCUT2D eigenvalue weighted by atomic mass is 16.2. The summed E-state index contributed by atoms with van der Waals surface area (Å²) in [5.74, 6) is 0.497. The molecule has 6 nitrogen and oxygen atoms in total. The number of likely N-dealkylation sites (tertiary alicyclic amines) is 1. The molecule has 4 aromatic rings. The maximum Gasteiger partial charge on any atom is 0.224 e. The van der Waals surface area contributed by atoms with Crippen molar-refractivity contribution in [2.45, 2.75) is 45.6 Å². The molecule has 1 aliphatic rings. The van der Waals surface area contributed by atoms with Gasteiger partial charge in [0.2, 0.25) is 5.91 Å². The first-order valence-electron chi connectivity index (χ1n) is 11.4. The highest BCUT2D eigenvalue weighted by Gasteiger charge is 2.28. The number of pyridine rings is 1. The number of para-hydroxylation sites is 1. The lowest BCUT2D eigenvalue weighted by Crippen LogP contribution is -2.39. The first kappa shape index (κ1) is 20.5. The number of aromatic amines is 1. The molecule has 0 aliphatic carbocycles. The minimum Gasteiger partial charge on any atom is -0.357 e. The van der Waals surface area contributed by atoms with E-state index in [1.165, 1.54) is 33.3 Å². The van der Waals surface area contributed by atoms with Crippen LogP contribution in [-0.2, 0) is 11.3 Å². The molecular formula is C26H29N5O. The summed E-state index contributed by atoms with van der Waals surface area (Å²) in [5.41, 5.74) is 7.17. The molecule has 5 rings (SSSR count). The van der Waals surface area contributed by atoms with E-state index < -0.39 is 0 Å². The lowest BCUT2D eigenvalue weighted by Gasteiger charge is -2.33. The number of aryl methyl sites for hydroxylation is 3. The summed E-state index contributed by atoms with van der Waals surface area (Å²) < 4.78 is 1.90. The van der Waals surface area contributed by atoms with Crippen LogP contribution in [0.25, 0.3) is 22.0 Å². The van der Waals surface area contributed by atoms with Gasteiger partial charge in [-0.15, -0.1) is 0 Å². The monoisotopic (exact) mass is 427 g/mol. The third-order valence-electron chi connectivity index (χ3n) is 6.69. The maximum atomic E-state index is 13.0. The number of piperidine rings is 1. The average molecular weight is 428 g/mol. The minimum atomic E-state index is 0.211. The Kier molecular flexibility index (Phi) is 5.52. The topological polar surface area (TPSA) is 66.8 Å². The number of H-pyrrole nitrogens is 1. The zero-order valence-electron chi connectivity index (χ0n) is 18.7. The molecule has 3 aromatic heterocycles. The van der Waals surface area contributed by atoms with Crippen LogP contribution in [0.3, 0.4) is 0 Å². The molecule has 0 spiro atoms. The van der Waals surface area contributed by atoms with Crippen LogP contribution in [0.5, 0.6) is 0 Å². The van der Waals surface area contributed by atoms with Crippen molar-refractivity contribution < 1.29 is 4.79 Å². The number of hydrogen-bond acceptors (Lipinski definition) is 3. The summed E-state index contributed by atoms with van der Waals surface area (Å²) in [5, 5.41) is 5.55. The van der Waals surface area contributed by atoms with Crippen molar-refractivity contribution in [2.75, 3.05) is 13.1 Å². The van der Waals surface area contributed by atoms with Crippen molar-refractivity contribution >= 4 is 16.8 Å². The Morgan fingerprint density at radius 1 is 1.12 bits per heavy atom. The molecule has 4 heterocycles. The molecule has 1 saturated heterocycles. The van der Waals surface area contributed by atoms with Gasteiger partial charge in [-0.2, -0.15) is 5.10 Å². The molecule has 1 aliphatic heterocycles.